The van der Waals surface area contributed by atoms with Crippen molar-refractivity contribution in [2.24, 2.45) is 5.73 Å². The van der Waals surface area contributed by atoms with Gasteiger partial charge >= 0.3 is 0 Å². The second-order valence-electron chi connectivity index (χ2n) is 6.32. The van der Waals surface area contributed by atoms with Crippen LogP contribution in [0.25, 0.3) is 0 Å². The lowest BCUT2D eigenvalue weighted by Gasteiger charge is -2.06. The molecule has 2 amide bonds. The van der Waals surface area contributed by atoms with E-state index in [0.717, 1.165) is 17.6 Å². The van der Waals surface area contributed by atoms with Crippen molar-refractivity contribution in [1.29, 1.82) is 0 Å². The second kappa shape index (κ2) is 9.02. The Labute approximate surface area is 182 Å². The number of primary amides is 1. The minimum absolute atomic E-state index is 0.0790. The molecule has 12 heteroatoms. The van der Waals surface area contributed by atoms with Gasteiger partial charge in [-0.05, 0) is 48.5 Å². The third-order valence-corrected chi connectivity index (χ3v) is 5.37. The van der Waals surface area contributed by atoms with Crippen LogP contribution < -0.4 is 25.8 Å². The van der Waals surface area contributed by atoms with Crippen LogP contribution in [0, 0.1) is 0 Å². The van der Waals surface area contributed by atoms with Gasteiger partial charge in [0.05, 0.1) is 13.4 Å². The summed E-state index contributed by atoms with van der Waals surface area (Å²) >= 11 is 1.05. The van der Waals surface area contributed by atoms with Gasteiger partial charge < -0.3 is 21.1 Å². The van der Waals surface area contributed by atoms with Crippen molar-refractivity contribution in [3.8, 4) is 5.75 Å². The van der Waals surface area contributed by atoms with Gasteiger partial charge in [-0.1, -0.05) is 11.3 Å². The molecule has 10 nitrogen and oxygen atoms in total. The summed E-state index contributed by atoms with van der Waals surface area (Å²) in [7, 11) is -1.86. The molecule has 0 bridgehead atoms. The number of methoxy groups -OCH3 is 1. The molecule has 3 aromatic rings. The molecule has 31 heavy (non-hydrogen) atoms. The molecular formula is C19H19N5O5S2. The lowest BCUT2D eigenvalue weighted by Crippen LogP contribution is -2.17. The van der Waals surface area contributed by atoms with Crippen LogP contribution in [0.1, 0.15) is 20.8 Å². The van der Waals surface area contributed by atoms with E-state index in [1.54, 1.807) is 31.4 Å². The first-order valence-corrected chi connectivity index (χ1v) is 11.5. The SMILES string of the molecule is COc1ccc(Nc2nc(C(N)=O)c(NC(=O)c3ccc(NS(C)(=O)=O)cc3)s2)cc1. The van der Waals surface area contributed by atoms with Crippen LogP contribution >= 0.6 is 11.3 Å². The van der Waals surface area contributed by atoms with Crippen molar-refractivity contribution >= 4 is 54.7 Å². The molecule has 0 saturated carbocycles. The molecule has 3 rings (SSSR count). The Bertz CT molecular complexity index is 1210. The van der Waals surface area contributed by atoms with E-state index in [4.69, 9.17) is 10.5 Å². The van der Waals surface area contributed by atoms with Gasteiger partial charge in [0.2, 0.25) is 10.0 Å². The van der Waals surface area contributed by atoms with E-state index in [1.807, 2.05) is 0 Å². The highest BCUT2D eigenvalue weighted by Crippen LogP contribution is 2.31. The number of nitrogens with two attached hydrogens (primary N) is 1. The highest BCUT2D eigenvalue weighted by Gasteiger charge is 2.19. The average molecular weight is 462 g/mol. The van der Waals surface area contributed by atoms with Crippen LogP contribution in [0.5, 0.6) is 5.75 Å². The number of hydrogen-bond donors (Lipinski definition) is 4. The van der Waals surface area contributed by atoms with Gasteiger partial charge in [-0.25, -0.2) is 13.4 Å². The Morgan fingerprint density at radius 2 is 1.65 bits per heavy atom. The van der Waals surface area contributed by atoms with Gasteiger partial charge in [-0.3, -0.25) is 14.3 Å². The molecule has 0 saturated heterocycles. The van der Waals surface area contributed by atoms with E-state index < -0.39 is 21.8 Å². The van der Waals surface area contributed by atoms with Crippen LogP contribution in [0.15, 0.2) is 48.5 Å². The molecule has 0 atom stereocenters. The number of carbonyl (C=O) groups excluding carboxylic acids is 2. The summed E-state index contributed by atoms with van der Waals surface area (Å²) < 4.78 is 30.0. The average Bonchev–Trinajstić information content (AvgIpc) is 3.10. The highest BCUT2D eigenvalue weighted by atomic mass is 32.2. The van der Waals surface area contributed by atoms with Gasteiger partial charge in [0, 0.05) is 16.9 Å². The van der Waals surface area contributed by atoms with E-state index in [2.05, 4.69) is 20.3 Å². The number of carbonyl (C=O) groups is 2. The number of benzene rings is 2. The Morgan fingerprint density at radius 3 is 2.19 bits per heavy atom. The molecule has 2 aromatic carbocycles. The molecule has 162 valence electrons. The summed E-state index contributed by atoms with van der Waals surface area (Å²) in [6.07, 6.45) is 1.03. The fraction of sp³-hybridized carbons (Fsp3) is 0.105. The fourth-order valence-corrected chi connectivity index (χ4v) is 3.95. The first-order chi connectivity index (χ1) is 14.6. The summed E-state index contributed by atoms with van der Waals surface area (Å²) in [5, 5.41) is 6.21. The minimum atomic E-state index is -3.42. The lowest BCUT2D eigenvalue weighted by atomic mass is 10.2. The Hall–Kier alpha value is -3.64. The lowest BCUT2D eigenvalue weighted by molar-refractivity contribution is 0.0997. The van der Waals surface area contributed by atoms with Crippen LogP contribution in [0.2, 0.25) is 0 Å². The Kier molecular flexibility index (Phi) is 6.42. The smallest absolute Gasteiger partial charge is 0.270 e. The molecule has 0 radical (unpaired) electrons. The molecule has 0 spiro atoms. The quantitative estimate of drug-likeness (QED) is 0.402. The molecule has 0 aliphatic heterocycles. The van der Waals surface area contributed by atoms with Crippen LogP contribution in [0.4, 0.5) is 21.5 Å². The summed E-state index contributed by atoms with van der Waals surface area (Å²) in [5.74, 6) is -0.608. The monoisotopic (exact) mass is 461 g/mol. The van der Waals surface area contributed by atoms with Gasteiger partial charge in [-0.2, -0.15) is 0 Å². The molecule has 1 heterocycles. The maximum atomic E-state index is 12.6. The molecule has 0 unspecified atom stereocenters. The fourth-order valence-electron chi connectivity index (χ4n) is 2.50. The Balaban J connectivity index is 1.76. The number of amides is 2. The Morgan fingerprint density at radius 1 is 1.03 bits per heavy atom. The van der Waals surface area contributed by atoms with Gasteiger partial charge in [0.15, 0.2) is 10.8 Å². The number of sulfonamides is 1. The maximum absolute atomic E-state index is 12.6. The van der Waals surface area contributed by atoms with E-state index in [0.29, 0.717) is 22.3 Å². The standard InChI is InChI=1S/C19H19N5O5S2/c1-29-14-9-7-12(8-10-14)21-19-22-15(16(20)25)18(30-19)23-17(26)11-3-5-13(6-4-11)24-31(2,27)28/h3-10,24H,1-2H3,(H2,20,25)(H,21,22)(H,23,26). The number of nitrogens with zero attached hydrogens (tertiary/aromatic N) is 1. The molecule has 0 fully saturated rings. The van der Waals surface area contributed by atoms with Crippen molar-refractivity contribution in [3.05, 3.63) is 59.8 Å². The van der Waals surface area contributed by atoms with E-state index >= 15 is 0 Å². The van der Waals surface area contributed by atoms with Crippen molar-refractivity contribution in [2.75, 3.05) is 28.7 Å². The maximum Gasteiger partial charge on any atom is 0.270 e. The number of rotatable bonds is 8. The largest absolute Gasteiger partial charge is 0.497 e. The van der Waals surface area contributed by atoms with Crippen molar-refractivity contribution in [1.82, 2.24) is 4.98 Å². The minimum Gasteiger partial charge on any atom is -0.497 e. The number of ether oxygens (including phenoxy) is 1. The van der Waals surface area contributed by atoms with Gasteiger partial charge in [0.1, 0.15) is 10.8 Å². The zero-order valence-electron chi connectivity index (χ0n) is 16.5. The summed E-state index contributed by atoms with van der Waals surface area (Å²) in [6, 6.07) is 12.9. The van der Waals surface area contributed by atoms with Gasteiger partial charge in [0.25, 0.3) is 11.8 Å². The molecule has 1 aromatic heterocycles. The topological polar surface area (TPSA) is 153 Å². The summed E-state index contributed by atoms with van der Waals surface area (Å²) in [4.78, 5) is 28.5. The normalized spacial score (nSPS) is 10.9. The third kappa shape index (κ3) is 5.93. The third-order valence-electron chi connectivity index (χ3n) is 3.88. The van der Waals surface area contributed by atoms with E-state index in [9.17, 15) is 18.0 Å². The zero-order valence-corrected chi connectivity index (χ0v) is 18.1. The number of hydrogen-bond acceptors (Lipinski definition) is 8. The van der Waals surface area contributed by atoms with Crippen LogP contribution in [-0.2, 0) is 10.0 Å². The van der Waals surface area contributed by atoms with Crippen molar-refractivity contribution in [3.63, 3.8) is 0 Å². The molecule has 5 N–H and O–H groups in total. The van der Waals surface area contributed by atoms with E-state index in [-0.39, 0.29) is 16.3 Å². The molecule has 0 aliphatic rings. The number of thiazole rings is 1. The number of aromatic nitrogens is 1. The predicted molar refractivity (Wildman–Crippen MR) is 120 cm³/mol. The molecule has 0 aliphatic carbocycles. The highest BCUT2D eigenvalue weighted by molar-refractivity contribution is 7.92. The van der Waals surface area contributed by atoms with Crippen LogP contribution in [0.3, 0.4) is 0 Å². The number of nitrogens with one attached hydrogen (secondary N) is 3. The summed E-state index contributed by atoms with van der Waals surface area (Å²) in [6.45, 7) is 0. The predicted octanol–water partition coefficient (Wildman–Crippen LogP) is 2.62. The second-order valence-corrected chi connectivity index (χ2v) is 9.07. The summed E-state index contributed by atoms with van der Waals surface area (Å²) in [5.41, 5.74) is 6.60. The van der Waals surface area contributed by atoms with Crippen molar-refractivity contribution in [2.45, 2.75) is 0 Å². The van der Waals surface area contributed by atoms with E-state index in [1.165, 1.54) is 24.3 Å². The number of anilines is 4. The van der Waals surface area contributed by atoms with Gasteiger partial charge in [-0.15, -0.1) is 0 Å². The van der Waals surface area contributed by atoms with Crippen LogP contribution in [-0.4, -0.2) is 38.6 Å². The molecular weight excluding hydrogens is 442 g/mol. The zero-order chi connectivity index (χ0) is 22.6. The first kappa shape index (κ1) is 22.1. The first-order valence-electron chi connectivity index (χ1n) is 8.75. The van der Waals surface area contributed by atoms with Crippen molar-refractivity contribution < 1.29 is 22.7 Å².